The zero-order chi connectivity index (χ0) is 17.6. The van der Waals surface area contributed by atoms with Crippen LogP contribution in [0, 0.1) is 13.8 Å². The van der Waals surface area contributed by atoms with Crippen molar-refractivity contribution in [3.05, 3.63) is 52.7 Å². The Morgan fingerprint density at radius 3 is 2.88 bits per heavy atom. The van der Waals surface area contributed by atoms with E-state index in [0.29, 0.717) is 11.6 Å². The highest BCUT2D eigenvalue weighted by Crippen LogP contribution is 2.31. The maximum absolute atomic E-state index is 12.5. The normalized spacial score (nSPS) is 15.7. The highest BCUT2D eigenvalue weighted by molar-refractivity contribution is 7.14. The number of benzene rings is 1. The predicted molar refractivity (Wildman–Crippen MR) is 99.2 cm³/mol. The predicted octanol–water partition coefficient (Wildman–Crippen LogP) is 3.71. The summed E-state index contributed by atoms with van der Waals surface area (Å²) >= 11 is 1.43. The minimum Gasteiger partial charge on any atom is -0.480 e. The molecule has 0 bridgehead atoms. The molecular weight excluding hydrogens is 334 g/mol. The zero-order valence-corrected chi connectivity index (χ0v) is 15.2. The molecule has 1 amide bonds. The molecule has 1 aliphatic heterocycles. The number of amides is 1. The van der Waals surface area contributed by atoms with Gasteiger partial charge in [0.2, 0.25) is 0 Å². The van der Waals surface area contributed by atoms with E-state index in [9.17, 15) is 4.79 Å². The van der Waals surface area contributed by atoms with Crippen molar-refractivity contribution in [2.24, 2.45) is 7.05 Å². The molecule has 6 heteroatoms. The van der Waals surface area contributed by atoms with Gasteiger partial charge in [0.15, 0.2) is 11.2 Å². The van der Waals surface area contributed by atoms with Crippen LogP contribution in [0.5, 0.6) is 5.75 Å². The molecule has 1 aliphatic rings. The molecular formula is C19H19N3O2S. The van der Waals surface area contributed by atoms with Crippen molar-refractivity contribution in [1.29, 1.82) is 0 Å². The van der Waals surface area contributed by atoms with E-state index in [2.05, 4.69) is 34.8 Å². The Labute approximate surface area is 150 Å². The lowest BCUT2D eigenvalue weighted by molar-refractivity contribution is -0.122. The summed E-state index contributed by atoms with van der Waals surface area (Å²) in [6, 6.07) is 9.87. The zero-order valence-electron chi connectivity index (χ0n) is 14.4. The first kappa shape index (κ1) is 15.9. The van der Waals surface area contributed by atoms with Crippen molar-refractivity contribution in [3.8, 4) is 17.0 Å². The minimum atomic E-state index is -0.495. The van der Waals surface area contributed by atoms with Gasteiger partial charge in [0.25, 0.3) is 5.91 Å². The van der Waals surface area contributed by atoms with Gasteiger partial charge in [0.05, 0.1) is 5.69 Å². The summed E-state index contributed by atoms with van der Waals surface area (Å²) in [5.41, 5.74) is 5.40. The SMILES string of the molecule is Cc1cc(-c2csc(NC(=O)C3Cc4ccccc4O3)n2)c(C)n1C. The van der Waals surface area contributed by atoms with Gasteiger partial charge in [-0.05, 0) is 31.5 Å². The average Bonchev–Trinajstić information content (AvgIpc) is 3.29. The summed E-state index contributed by atoms with van der Waals surface area (Å²) in [6.07, 6.45) is 0.0995. The van der Waals surface area contributed by atoms with Crippen molar-refractivity contribution in [3.63, 3.8) is 0 Å². The van der Waals surface area contributed by atoms with Crippen LogP contribution in [0.4, 0.5) is 5.13 Å². The summed E-state index contributed by atoms with van der Waals surface area (Å²) < 4.78 is 7.87. The summed E-state index contributed by atoms with van der Waals surface area (Å²) in [4.78, 5) is 17.1. The number of carbonyl (C=O) groups excluding carboxylic acids is 1. The molecule has 0 saturated carbocycles. The van der Waals surface area contributed by atoms with Gasteiger partial charge in [-0.2, -0.15) is 0 Å². The lowest BCUT2D eigenvalue weighted by Gasteiger charge is -2.09. The lowest BCUT2D eigenvalue weighted by Crippen LogP contribution is -2.31. The summed E-state index contributed by atoms with van der Waals surface area (Å²) in [6.45, 7) is 4.14. The molecule has 0 fully saturated rings. The number of nitrogens with one attached hydrogen (secondary N) is 1. The van der Waals surface area contributed by atoms with E-state index in [1.807, 2.05) is 36.7 Å². The molecule has 1 aromatic carbocycles. The number of fused-ring (bicyclic) bond motifs is 1. The van der Waals surface area contributed by atoms with Crippen LogP contribution in [0.1, 0.15) is 17.0 Å². The number of thiazole rings is 1. The van der Waals surface area contributed by atoms with Crippen LogP contribution in [0.25, 0.3) is 11.3 Å². The number of hydrogen-bond acceptors (Lipinski definition) is 4. The standard InChI is InChI=1S/C19H19N3O2S/c1-11-8-14(12(2)22(11)3)15-10-25-19(20-15)21-18(23)17-9-13-6-4-5-7-16(13)24-17/h4-8,10,17H,9H2,1-3H3,(H,20,21,23). The van der Waals surface area contributed by atoms with Crippen LogP contribution in [0.15, 0.2) is 35.7 Å². The van der Waals surface area contributed by atoms with Crippen LogP contribution in [-0.4, -0.2) is 21.6 Å². The van der Waals surface area contributed by atoms with Gasteiger partial charge in [-0.25, -0.2) is 4.98 Å². The van der Waals surface area contributed by atoms with Gasteiger partial charge >= 0.3 is 0 Å². The van der Waals surface area contributed by atoms with Gasteiger partial charge in [-0.15, -0.1) is 11.3 Å². The largest absolute Gasteiger partial charge is 0.480 e. The fraction of sp³-hybridized carbons (Fsp3) is 0.263. The van der Waals surface area contributed by atoms with Crippen molar-refractivity contribution < 1.29 is 9.53 Å². The van der Waals surface area contributed by atoms with Gasteiger partial charge in [-0.3, -0.25) is 10.1 Å². The van der Waals surface area contributed by atoms with E-state index in [-0.39, 0.29) is 5.91 Å². The van der Waals surface area contributed by atoms with Crippen LogP contribution in [0.2, 0.25) is 0 Å². The molecule has 0 radical (unpaired) electrons. The lowest BCUT2D eigenvalue weighted by atomic mass is 10.1. The van der Waals surface area contributed by atoms with Gasteiger partial charge in [0, 0.05) is 35.8 Å². The second kappa shape index (κ2) is 6.04. The first-order chi connectivity index (χ1) is 12.0. The van der Waals surface area contributed by atoms with Crippen molar-refractivity contribution in [2.75, 3.05) is 5.32 Å². The number of carbonyl (C=O) groups is 1. The van der Waals surface area contributed by atoms with Crippen LogP contribution >= 0.6 is 11.3 Å². The van der Waals surface area contributed by atoms with E-state index in [4.69, 9.17) is 4.74 Å². The number of rotatable bonds is 3. The third-order valence-electron chi connectivity index (χ3n) is 4.73. The summed E-state index contributed by atoms with van der Waals surface area (Å²) in [5.74, 6) is 0.635. The first-order valence-electron chi connectivity index (χ1n) is 8.17. The Balaban J connectivity index is 1.48. The third-order valence-corrected chi connectivity index (χ3v) is 5.48. The molecule has 128 valence electrons. The third kappa shape index (κ3) is 2.82. The van der Waals surface area contributed by atoms with E-state index < -0.39 is 6.10 Å². The van der Waals surface area contributed by atoms with Crippen molar-refractivity contribution in [1.82, 2.24) is 9.55 Å². The van der Waals surface area contributed by atoms with Crippen molar-refractivity contribution >= 4 is 22.4 Å². The van der Waals surface area contributed by atoms with Gasteiger partial charge in [-0.1, -0.05) is 18.2 Å². The van der Waals surface area contributed by atoms with E-state index in [1.165, 1.54) is 17.0 Å². The smallest absolute Gasteiger partial charge is 0.267 e. The molecule has 3 aromatic rings. The maximum atomic E-state index is 12.5. The van der Waals surface area contributed by atoms with E-state index in [1.54, 1.807) is 0 Å². The van der Waals surface area contributed by atoms with Crippen LogP contribution < -0.4 is 10.1 Å². The monoisotopic (exact) mass is 353 g/mol. The Morgan fingerprint density at radius 2 is 2.16 bits per heavy atom. The van der Waals surface area contributed by atoms with E-state index in [0.717, 1.165) is 28.3 Å². The number of aryl methyl sites for hydroxylation is 1. The van der Waals surface area contributed by atoms with E-state index >= 15 is 0 Å². The van der Waals surface area contributed by atoms with Crippen LogP contribution in [0.3, 0.4) is 0 Å². The molecule has 1 N–H and O–H groups in total. The van der Waals surface area contributed by atoms with Crippen LogP contribution in [-0.2, 0) is 18.3 Å². The molecule has 3 heterocycles. The average molecular weight is 353 g/mol. The number of anilines is 1. The molecule has 1 unspecified atom stereocenters. The Morgan fingerprint density at radius 1 is 1.36 bits per heavy atom. The molecule has 0 spiro atoms. The molecule has 25 heavy (non-hydrogen) atoms. The first-order valence-corrected chi connectivity index (χ1v) is 9.05. The fourth-order valence-corrected chi connectivity index (χ4v) is 3.80. The van der Waals surface area contributed by atoms with Gasteiger partial charge in [0.1, 0.15) is 5.75 Å². The Hall–Kier alpha value is -2.60. The highest BCUT2D eigenvalue weighted by Gasteiger charge is 2.29. The number of nitrogens with zero attached hydrogens (tertiary/aromatic N) is 2. The Bertz CT molecular complexity index is 932. The highest BCUT2D eigenvalue weighted by atomic mass is 32.1. The maximum Gasteiger partial charge on any atom is 0.267 e. The molecule has 4 rings (SSSR count). The van der Waals surface area contributed by atoms with Crippen molar-refractivity contribution in [2.45, 2.75) is 26.4 Å². The fourth-order valence-electron chi connectivity index (χ4n) is 3.08. The molecule has 5 nitrogen and oxygen atoms in total. The molecule has 1 atom stereocenters. The molecule has 2 aromatic heterocycles. The quantitative estimate of drug-likeness (QED) is 0.781. The summed E-state index contributed by atoms with van der Waals surface area (Å²) in [5, 5.41) is 5.46. The number of para-hydroxylation sites is 1. The number of hydrogen-bond donors (Lipinski definition) is 1. The second-order valence-corrected chi connectivity index (χ2v) is 7.15. The Kier molecular flexibility index (Phi) is 3.84. The second-order valence-electron chi connectivity index (χ2n) is 6.29. The topological polar surface area (TPSA) is 56.1 Å². The summed E-state index contributed by atoms with van der Waals surface area (Å²) in [7, 11) is 2.04. The number of aromatic nitrogens is 2. The minimum absolute atomic E-state index is 0.155. The molecule has 0 aliphatic carbocycles. The number of ether oxygens (including phenoxy) is 1. The molecule has 0 saturated heterocycles. The van der Waals surface area contributed by atoms with Gasteiger partial charge < -0.3 is 9.30 Å².